The summed E-state index contributed by atoms with van der Waals surface area (Å²) in [5, 5.41) is 11.7. The maximum Gasteiger partial charge on any atom is 0.337 e. The SMILES string of the molecule is COc1ccc(CN(Cc2ccccc2)c2nc(Cl)c(-c3cncc(C(=O)O)c3)c3cccc(-c4ccccc4)c23)cc1. The average Bonchev–Trinajstić information content (AvgIpc) is 3.05. The van der Waals surface area contributed by atoms with Crippen LogP contribution >= 0.6 is 11.6 Å². The van der Waals surface area contributed by atoms with Gasteiger partial charge in [-0.3, -0.25) is 4.98 Å². The van der Waals surface area contributed by atoms with Crippen molar-refractivity contribution in [2.45, 2.75) is 13.1 Å². The summed E-state index contributed by atoms with van der Waals surface area (Å²) in [6.45, 7) is 1.15. The molecule has 0 amide bonds. The molecule has 43 heavy (non-hydrogen) atoms. The fraction of sp³-hybridized carbons (Fsp3) is 0.0833. The number of fused-ring (bicyclic) bond motifs is 1. The second kappa shape index (κ2) is 12.3. The lowest BCUT2D eigenvalue weighted by molar-refractivity contribution is 0.0696. The Morgan fingerprint density at radius 1 is 0.814 bits per heavy atom. The number of pyridine rings is 2. The van der Waals surface area contributed by atoms with Crippen LogP contribution in [0.25, 0.3) is 33.0 Å². The van der Waals surface area contributed by atoms with Crippen molar-refractivity contribution < 1.29 is 14.6 Å². The molecule has 0 radical (unpaired) electrons. The summed E-state index contributed by atoms with van der Waals surface area (Å²) in [6.07, 6.45) is 2.96. The highest BCUT2D eigenvalue weighted by atomic mass is 35.5. The predicted octanol–water partition coefficient (Wildman–Crippen LogP) is 8.53. The highest BCUT2D eigenvalue weighted by Gasteiger charge is 2.23. The summed E-state index contributed by atoms with van der Waals surface area (Å²) in [7, 11) is 1.66. The molecule has 0 atom stereocenters. The summed E-state index contributed by atoms with van der Waals surface area (Å²) in [4.78, 5) is 23.3. The number of ether oxygens (including phenoxy) is 1. The average molecular weight is 586 g/mol. The molecule has 0 aliphatic carbocycles. The zero-order valence-electron chi connectivity index (χ0n) is 23.4. The minimum Gasteiger partial charge on any atom is -0.497 e. The van der Waals surface area contributed by atoms with Gasteiger partial charge < -0.3 is 14.7 Å². The first-order valence-electron chi connectivity index (χ1n) is 13.8. The molecule has 2 aromatic heterocycles. The smallest absolute Gasteiger partial charge is 0.337 e. The molecule has 1 N–H and O–H groups in total. The number of carbonyl (C=O) groups is 1. The van der Waals surface area contributed by atoms with Crippen LogP contribution in [0, 0.1) is 0 Å². The lowest BCUT2D eigenvalue weighted by Crippen LogP contribution is -2.24. The van der Waals surface area contributed by atoms with E-state index in [-0.39, 0.29) is 10.7 Å². The third-order valence-electron chi connectivity index (χ3n) is 7.37. The molecular weight excluding hydrogens is 558 g/mol. The Bertz CT molecular complexity index is 1900. The summed E-state index contributed by atoms with van der Waals surface area (Å²) in [5.41, 5.74) is 5.54. The van der Waals surface area contributed by atoms with Crippen LogP contribution < -0.4 is 9.64 Å². The van der Waals surface area contributed by atoms with Crippen LogP contribution in [-0.4, -0.2) is 28.2 Å². The first-order valence-corrected chi connectivity index (χ1v) is 14.2. The molecule has 6 aromatic rings. The van der Waals surface area contributed by atoms with Crippen molar-refractivity contribution in [1.29, 1.82) is 0 Å². The van der Waals surface area contributed by atoms with E-state index in [2.05, 4.69) is 52.3 Å². The molecule has 6 rings (SSSR count). The summed E-state index contributed by atoms with van der Waals surface area (Å²) < 4.78 is 5.39. The van der Waals surface area contributed by atoms with Gasteiger partial charge in [-0.1, -0.05) is 103 Å². The van der Waals surface area contributed by atoms with Gasteiger partial charge in [0.25, 0.3) is 0 Å². The molecular formula is C36H28ClN3O3. The van der Waals surface area contributed by atoms with Gasteiger partial charge in [-0.25, -0.2) is 9.78 Å². The topological polar surface area (TPSA) is 75.5 Å². The third kappa shape index (κ3) is 5.92. The van der Waals surface area contributed by atoms with E-state index < -0.39 is 5.97 Å². The maximum atomic E-state index is 11.8. The van der Waals surface area contributed by atoms with Gasteiger partial charge in [0, 0.05) is 42.0 Å². The highest BCUT2D eigenvalue weighted by molar-refractivity contribution is 6.34. The lowest BCUT2D eigenvalue weighted by atomic mass is 9.94. The molecule has 7 heteroatoms. The molecule has 0 unspecified atom stereocenters. The Morgan fingerprint density at radius 2 is 1.49 bits per heavy atom. The fourth-order valence-corrected chi connectivity index (χ4v) is 5.62. The number of halogens is 1. The van der Waals surface area contributed by atoms with Crippen molar-refractivity contribution in [3.8, 4) is 28.0 Å². The minimum absolute atomic E-state index is 0.0789. The van der Waals surface area contributed by atoms with Gasteiger partial charge in [-0.05, 0) is 45.8 Å². The van der Waals surface area contributed by atoms with Crippen LogP contribution in [0.3, 0.4) is 0 Å². The Kier molecular flexibility index (Phi) is 8.03. The number of carboxylic acids is 1. The number of anilines is 1. The van der Waals surface area contributed by atoms with Crippen LogP contribution in [-0.2, 0) is 13.1 Å². The fourth-order valence-electron chi connectivity index (χ4n) is 5.33. The van der Waals surface area contributed by atoms with E-state index in [9.17, 15) is 9.90 Å². The zero-order chi connectivity index (χ0) is 29.8. The highest BCUT2D eigenvalue weighted by Crippen LogP contribution is 2.43. The summed E-state index contributed by atoms with van der Waals surface area (Å²) >= 11 is 7.03. The summed E-state index contributed by atoms with van der Waals surface area (Å²) in [5.74, 6) is 0.459. The van der Waals surface area contributed by atoms with Gasteiger partial charge in [-0.15, -0.1) is 0 Å². The Balaban J connectivity index is 1.62. The first kappa shape index (κ1) is 27.9. The quantitative estimate of drug-likeness (QED) is 0.171. The van der Waals surface area contributed by atoms with E-state index in [4.69, 9.17) is 21.3 Å². The second-order valence-electron chi connectivity index (χ2n) is 10.2. The number of carboxylic acid groups (broad SMARTS) is 1. The Labute approximate surface area is 254 Å². The van der Waals surface area contributed by atoms with E-state index in [0.717, 1.165) is 44.6 Å². The largest absolute Gasteiger partial charge is 0.497 e. The number of hydrogen-bond donors (Lipinski definition) is 1. The predicted molar refractivity (Wildman–Crippen MR) is 172 cm³/mol. The van der Waals surface area contributed by atoms with Crippen molar-refractivity contribution in [3.05, 3.63) is 143 Å². The maximum absolute atomic E-state index is 11.8. The molecule has 0 bridgehead atoms. The molecule has 2 heterocycles. The number of methoxy groups -OCH3 is 1. The van der Waals surface area contributed by atoms with E-state index in [1.54, 1.807) is 19.4 Å². The van der Waals surface area contributed by atoms with Crippen LogP contribution in [0.1, 0.15) is 21.5 Å². The number of rotatable bonds is 9. The van der Waals surface area contributed by atoms with Gasteiger partial charge >= 0.3 is 5.97 Å². The van der Waals surface area contributed by atoms with Gasteiger partial charge in [0.1, 0.15) is 16.7 Å². The molecule has 0 aliphatic heterocycles. The molecule has 4 aromatic carbocycles. The van der Waals surface area contributed by atoms with Gasteiger partial charge in [0.05, 0.1) is 12.7 Å². The monoisotopic (exact) mass is 585 g/mol. The number of benzene rings is 4. The second-order valence-corrected chi connectivity index (χ2v) is 10.5. The molecule has 0 spiro atoms. The number of aromatic nitrogens is 2. The van der Waals surface area contributed by atoms with Crippen molar-refractivity contribution in [2.24, 2.45) is 0 Å². The van der Waals surface area contributed by atoms with Crippen LogP contribution in [0.2, 0.25) is 5.15 Å². The number of aromatic carboxylic acids is 1. The standard InChI is InChI=1S/C36H28ClN3O3/c1-43-29-17-15-25(16-18-29)23-40(22-24-9-4-2-5-10-24)35-33-30(26-11-6-3-7-12-26)13-8-14-31(33)32(34(37)39-35)27-19-28(36(41)42)21-38-20-27/h2-21H,22-23H2,1H3,(H,41,42). The van der Waals surface area contributed by atoms with E-state index in [0.29, 0.717) is 24.2 Å². The zero-order valence-corrected chi connectivity index (χ0v) is 24.2. The van der Waals surface area contributed by atoms with Crippen LogP contribution in [0.15, 0.2) is 122 Å². The first-order chi connectivity index (χ1) is 21.0. The number of nitrogens with zero attached hydrogens (tertiary/aromatic N) is 3. The molecule has 0 fully saturated rings. The number of hydrogen-bond acceptors (Lipinski definition) is 5. The van der Waals surface area contributed by atoms with Gasteiger partial charge in [0.2, 0.25) is 0 Å². The normalized spacial score (nSPS) is 10.9. The molecule has 6 nitrogen and oxygen atoms in total. The molecule has 0 saturated carbocycles. The molecule has 0 aliphatic rings. The van der Waals surface area contributed by atoms with Crippen LogP contribution in [0.5, 0.6) is 5.75 Å². The van der Waals surface area contributed by atoms with E-state index in [1.807, 2.05) is 60.7 Å². The van der Waals surface area contributed by atoms with E-state index >= 15 is 0 Å². The van der Waals surface area contributed by atoms with Gasteiger partial charge in [0.15, 0.2) is 0 Å². The van der Waals surface area contributed by atoms with Crippen molar-refractivity contribution >= 4 is 34.2 Å². The van der Waals surface area contributed by atoms with Crippen molar-refractivity contribution in [3.63, 3.8) is 0 Å². The van der Waals surface area contributed by atoms with Crippen molar-refractivity contribution in [1.82, 2.24) is 9.97 Å². The Hall–Kier alpha value is -5.20. The van der Waals surface area contributed by atoms with Crippen molar-refractivity contribution in [2.75, 3.05) is 12.0 Å². The third-order valence-corrected chi connectivity index (χ3v) is 7.65. The lowest BCUT2D eigenvalue weighted by Gasteiger charge is -2.28. The molecule has 212 valence electrons. The van der Waals surface area contributed by atoms with Crippen LogP contribution in [0.4, 0.5) is 5.82 Å². The Morgan fingerprint density at radius 3 is 2.16 bits per heavy atom. The summed E-state index contributed by atoms with van der Waals surface area (Å²) in [6, 6.07) is 36.1. The van der Waals surface area contributed by atoms with E-state index in [1.165, 1.54) is 6.20 Å². The molecule has 0 saturated heterocycles. The van der Waals surface area contributed by atoms with Gasteiger partial charge in [-0.2, -0.15) is 0 Å². The minimum atomic E-state index is -1.06.